The van der Waals surface area contributed by atoms with Crippen molar-refractivity contribution in [3.8, 4) is 0 Å². The summed E-state index contributed by atoms with van der Waals surface area (Å²) in [6.45, 7) is 8.82. The number of carbonyl (C=O) groups excluding carboxylic acids is 1. The fraction of sp³-hybridized carbons (Fsp3) is 0.542. The second-order valence-electron chi connectivity index (χ2n) is 9.00. The van der Waals surface area contributed by atoms with E-state index in [0.717, 1.165) is 44.6 Å². The molecule has 6 nitrogen and oxygen atoms in total. The van der Waals surface area contributed by atoms with E-state index in [4.69, 9.17) is 4.42 Å². The number of anilines is 1. The number of amides is 1. The molecular formula is C24H32N4O2. The Balaban J connectivity index is 1.09. The molecule has 4 fully saturated rings. The van der Waals surface area contributed by atoms with Crippen LogP contribution in [-0.2, 0) is 0 Å². The number of benzene rings is 1. The minimum absolute atomic E-state index is 0.101. The summed E-state index contributed by atoms with van der Waals surface area (Å²) >= 11 is 0. The van der Waals surface area contributed by atoms with Crippen molar-refractivity contribution in [2.24, 2.45) is 11.8 Å². The van der Waals surface area contributed by atoms with Crippen LogP contribution >= 0.6 is 0 Å². The number of hydrogen-bond acceptors (Lipinski definition) is 5. The third-order valence-corrected chi connectivity index (χ3v) is 7.24. The van der Waals surface area contributed by atoms with Crippen molar-refractivity contribution in [1.29, 1.82) is 0 Å². The molecule has 1 amide bonds. The molecule has 6 rings (SSSR count). The van der Waals surface area contributed by atoms with Crippen LogP contribution in [0.25, 0.3) is 0 Å². The zero-order valence-corrected chi connectivity index (χ0v) is 17.6. The van der Waals surface area contributed by atoms with Crippen LogP contribution in [0.2, 0.25) is 0 Å². The van der Waals surface area contributed by atoms with E-state index >= 15 is 0 Å². The Hall–Kier alpha value is -2.31. The van der Waals surface area contributed by atoms with Crippen LogP contribution in [0.3, 0.4) is 0 Å². The summed E-state index contributed by atoms with van der Waals surface area (Å²) in [6, 6.07) is 14.7. The van der Waals surface area contributed by atoms with E-state index in [1.54, 1.807) is 18.4 Å². The highest BCUT2D eigenvalue weighted by Gasteiger charge is 2.40. The van der Waals surface area contributed by atoms with Crippen LogP contribution in [0.4, 0.5) is 5.69 Å². The summed E-state index contributed by atoms with van der Waals surface area (Å²) < 4.78 is 5.20. The van der Waals surface area contributed by atoms with E-state index in [1.165, 1.54) is 38.2 Å². The highest BCUT2D eigenvalue weighted by Crippen LogP contribution is 2.36. The monoisotopic (exact) mass is 408 g/mol. The molecule has 4 atom stereocenters. The van der Waals surface area contributed by atoms with Gasteiger partial charge in [-0.2, -0.15) is 0 Å². The van der Waals surface area contributed by atoms with E-state index in [9.17, 15) is 4.79 Å². The van der Waals surface area contributed by atoms with Gasteiger partial charge in [-0.15, -0.1) is 0 Å². The highest BCUT2D eigenvalue weighted by molar-refractivity contribution is 5.91. The quantitative estimate of drug-likeness (QED) is 0.796. The summed E-state index contributed by atoms with van der Waals surface area (Å²) in [4.78, 5) is 20.0. The molecule has 2 bridgehead atoms. The van der Waals surface area contributed by atoms with E-state index in [2.05, 4.69) is 50.3 Å². The summed E-state index contributed by atoms with van der Waals surface area (Å²) in [6.07, 6.45) is 4.05. The van der Waals surface area contributed by atoms with Gasteiger partial charge in [-0.1, -0.05) is 18.2 Å². The number of para-hydroxylation sites is 1. The van der Waals surface area contributed by atoms with Gasteiger partial charge in [-0.05, 0) is 55.5 Å². The molecule has 0 saturated carbocycles. The number of nitrogens with zero attached hydrogens (tertiary/aromatic N) is 3. The average molecular weight is 409 g/mol. The lowest BCUT2D eigenvalue weighted by atomic mass is 9.75. The molecule has 1 unspecified atom stereocenters. The third-order valence-electron chi connectivity index (χ3n) is 7.24. The van der Waals surface area contributed by atoms with Crippen LogP contribution in [0.15, 0.2) is 53.1 Å². The summed E-state index contributed by atoms with van der Waals surface area (Å²) in [7, 11) is 0. The number of carbonyl (C=O) groups is 1. The largest absolute Gasteiger partial charge is 0.459 e. The summed E-state index contributed by atoms with van der Waals surface area (Å²) in [5, 5.41) is 3.07. The molecule has 0 radical (unpaired) electrons. The van der Waals surface area contributed by atoms with Gasteiger partial charge in [0.15, 0.2) is 5.76 Å². The number of fused-ring (bicyclic) bond motifs is 3. The predicted octanol–water partition coefficient (Wildman–Crippen LogP) is 2.54. The van der Waals surface area contributed by atoms with Crippen molar-refractivity contribution in [2.45, 2.75) is 18.9 Å². The number of rotatable bonds is 6. The first-order valence-corrected chi connectivity index (χ1v) is 11.3. The fourth-order valence-electron chi connectivity index (χ4n) is 5.53. The zero-order valence-electron chi connectivity index (χ0n) is 17.6. The second kappa shape index (κ2) is 8.82. The maximum absolute atomic E-state index is 12.2. The van der Waals surface area contributed by atoms with Gasteiger partial charge in [0.05, 0.1) is 6.26 Å². The van der Waals surface area contributed by atoms with Gasteiger partial charge >= 0.3 is 0 Å². The summed E-state index contributed by atoms with van der Waals surface area (Å²) in [5.74, 6) is 1.85. The van der Waals surface area contributed by atoms with Gasteiger partial charge in [0.1, 0.15) is 0 Å². The second-order valence-corrected chi connectivity index (χ2v) is 9.00. The lowest BCUT2D eigenvalue weighted by Gasteiger charge is -2.51. The molecule has 160 valence electrons. The first-order valence-electron chi connectivity index (χ1n) is 11.3. The smallest absolute Gasteiger partial charge is 0.287 e. The Bertz CT molecular complexity index is 817. The van der Waals surface area contributed by atoms with Crippen molar-refractivity contribution >= 4 is 11.6 Å². The number of piperidine rings is 3. The first-order chi connectivity index (χ1) is 14.8. The van der Waals surface area contributed by atoms with Crippen LogP contribution in [0, 0.1) is 11.8 Å². The van der Waals surface area contributed by atoms with Gasteiger partial charge < -0.3 is 14.6 Å². The van der Waals surface area contributed by atoms with Crippen LogP contribution in [0.5, 0.6) is 0 Å². The Kier molecular flexibility index (Phi) is 5.77. The van der Waals surface area contributed by atoms with Gasteiger partial charge in [-0.25, -0.2) is 0 Å². The van der Waals surface area contributed by atoms with Crippen LogP contribution < -0.4 is 10.2 Å². The molecular weight excluding hydrogens is 376 g/mol. The van der Waals surface area contributed by atoms with Crippen molar-refractivity contribution < 1.29 is 9.21 Å². The minimum atomic E-state index is -0.101. The molecule has 1 aromatic heterocycles. The molecule has 2 aromatic rings. The molecule has 1 N–H and O–H groups in total. The molecule has 1 aromatic carbocycles. The van der Waals surface area contributed by atoms with Gasteiger partial charge in [0, 0.05) is 57.5 Å². The SMILES string of the molecule is O=C(NC[C@H]1C[C@@H]2CCN1C[C@H]2CN1CCN(c2ccccc2)CC1)c1ccco1. The molecule has 5 heterocycles. The van der Waals surface area contributed by atoms with E-state index in [0.29, 0.717) is 11.8 Å². The predicted molar refractivity (Wildman–Crippen MR) is 118 cm³/mol. The number of nitrogens with one attached hydrogen (secondary N) is 1. The lowest BCUT2D eigenvalue weighted by Crippen LogP contribution is -2.59. The molecule has 30 heavy (non-hydrogen) atoms. The van der Waals surface area contributed by atoms with Crippen molar-refractivity contribution in [3.05, 3.63) is 54.5 Å². The Labute approximate surface area is 178 Å². The molecule has 6 heteroatoms. The molecule has 0 spiro atoms. The number of hydrogen-bond donors (Lipinski definition) is 1. The Morgan fingerprint density at radius 3 is 2.57 bits per heavy atom. The number of furan rings is 1. The molecule has 0 aliphatic carbocycles. The normalized spacial score (nSPS) is 29.1. The van der Waals surface area contributed by atoms with Crippen molar-refractivity contribution in [2.75, 3.05) is 57.3 Å². The van der Waals surface area contributed by atoms with Gasteiger partial charge in [-0.3, -0.25) is 14.6 Å². The maximum atomic E-state index is 12.2. The van der Waals surface area contributed by atoms with E-state index in [1.807, 2.05) is 0 Å². The molecule has 4 saturated heterocycles. The third kappa shape index (κ3) is 4.25. The topological polar surface area (TPSA) is 52.0 Å². The van der Waals surface area contributed by atoms with E-state index < -0.39 is 0 Å². The van der Waals surface area contributed by atoms with Crippen molar-refractivity contribution in [3.63, 3.8) is 0 Å². The van der Waals surface area contributed by atoms with Gasteiger partial charge in [0.25, 0.3) is 5.91 Å². The summed E-state index contributed by atoms with van der Waals surface area (Å²) in [5.41, 5.74) is 1.35. The van der Waals surface area contributed by atoms with Crippen LogP contribution in [-0.4, -0.2) is 74.1 Å². The number of piperazine rings is 1. The first kappa shape index (κ1) is 19.6. The van der Waals surface area contributed by atoms with E-state index in [-0.39, 0.29) is 5.91 Å². The Morgan fingerprint density at radius 1 is 1.03 bits per heavy atom. The maximum Gasteiger partial charge on any atom is 0.287 e. The fourth-order valence-corrected chi connectivity index (χ4v) is 5.53. The van der Waals surface area contributed by atoms with Crippen LogP contribution in [0.1, 0.15) is 23.4 Å². The Morgan fingerprint density at radius 2 is 1.87 bits per heavy atom. The molecule has 4 aliphatic rings. The zero-order chi connectivity index (χ0) is 20.3. The highest BCUT2D eigenvalue weighted by atomic mass is 16.3. The van der Waals surface area contributed by atoms with Crippen molar-refractivity contribution in [1.82, 2.24) is 15.1 Å². The average Bonchev–Trinajstić information content (AvgIpc) is 3.34. The molecule has 4 aliphatic heterocycles. The minimum Gasteiger partial charge on any atom is -0.459 e. The lowest BCUT2D eigenvalue weighted by molar-refractivity contribution is -0.0121. The standard InChI is InChI=1S/C24H32N4O2/c29-24(23-7-4-14-30-23)25-16-22-15-19-8-9-28(22)18-20(19)17-26-10-12-27(13-11-26)21-5-2-1-3-6-21/h1-7,14,19-20,22H,8-13,15-18H2,(H,25,29)/t19-,20+,22+/m0/s1. The van der Waals surface area contributed by atoms with Gasteiger partial charge in [0.2, 0.25) is 0 Å².